The normalized spacial score (nSPS) is 10.9. The molecule has 0 aliphatic heterocycles. The smallest absolute Gasteiger partial charge is 0.265 e. The molecule has 0 radical (unpaired) electrons. The standard InChI is InChI=1S/C19H16N2O4S/c22-19(21-26(23,24)17-9-5-2-6-10-17)16-11-12-20-18(13-16)25-14-15-7-3-1-4-8-15/h1-13H,14H2,(H,21,22). The molecule has 0 saturated heterocycles. The van der Waals surface area contributed by atoms with Crippen molar-refractivity contribution in [3.8, 4) is 5.88 Å². The van der Waals surface area contributed by atoms with Gasteiger partial charge in [0.1, 0.15) is 6.61 Å². The highest BCUT2D eigenvalue weighted by atomic mass is 32.2. The molecule has 26 heavy (non-hydrogen) atoms. The maximum Gasteiger partial charge on any atom is 0.265 e. The zero-order chi connectivity index (χ0) is 18.4. The average Bonchev–Trinajstić information content (AvgIpc) is 2.68. The van der Waals surface area contributed by atoms with Crippen molar-refractivity contribution in [1.82, 2.24) is 9.71 Å². The van der Waals surface area contributed by atoms with E-state index in [0.717, 1.165) is 5.56 Å². The third-order valence-corrected chi connectivity index (χ3v) is 4.85. The molecule has 0 aliphatic carbocycles. The van der Waals surface area contributed by atoms with Gasteiger partial charge in [-0.25, -0.2) is 18.1 Å². The van der Waals surface area contributed by atoms with E-state index < -0.39 is 15.9 Å². The van der Waals surface area contributed by atoms with Crippen molar-refractivity contribution in [3.63, 3.8) is 0 Å². The highest BCUT2D eigenvalue weighted by molar-refractivity contribution is 7.90. The molecular weight excluding hydrogens is 352 g/mol. The van der Waals surface area contributed by atoms with E-state index in [1.165, 1.54) is 30.5 Å². The number of nitrogens with one attached hydrogen (secondary N) is 1. The number of carbonyl (C=O) groups excluding carboxylic acids is 1. The summed E-state index contributed by atoms with van der Waals surface area (Å²) < 4.78 is 32.1. The summed E-state index contributed by atoms with van der Waals surface area (Å²) >= 11 is 0. The van der Waals surface area contributed by atoms with Crippen molar-refractivity contribution in [2.75, 3.05) is 0 Å². The van der Waals surface area contributed by atoms with E-state index in [1.54, 1.807) is 18.2 Å². The summed E-state index contributed by atoms with van der Waals surface area (Å²) in [6.45, 7) is 0.293. The van der Waals surface area contributed by atoms with Crippen molar-refractivity contribution in [2.45, 2.75) is 11.5 Å². The summed E-state index contributed by atoms with van der Waals surface area (Å²) in [5, 5.41) is 0. The predicted molar refractivity (Wildman–Crippen MR) is 96.1 cm³/mol. The highest BCUT2D eigenvalue weighted by Gasteiger charge is 2.18. The van der Waals surface area contributed by atoms with Crippen LogP contribution < -0.4 is 9.46 Å². The van der Waals surface area contributed by atoms with Gasteiger partial charge < -0.3 is 4.74 Å². The van der Waals surface area contributed by atoms with Crippen LogP contribution in [0.15, 0.2) is 83.9 Å². The van der Waals surface area contributed by atoms with Gasteiger partial charge in [0, 0.05) is 17.8 Å². The number of pyridine rings is 1. The monoisotopic (exact) mass is 368 g/mol. The Kier molecular flexibility index (Phi) is 5.28. The lowest BCUT2D eigenvalue weighted by atomic mass is 10.2. The lowest BCUT2D eigenvalue weighted by molar-refractivity contribution is 0.0980. The van der Waals surface area contributed by atoms with Gasteiger partial charge in [-0.2, -0.15) is 0 Å². The van der Waals surface area contributed by atoms with Crippen molar-refractivity contribution in [3.05, 3.63) is 90.1 Å². The van der Waals surface area contributed by atoms with Gasteiger partial charge in [-0.1, -0.05) is 48.5 Å². The number of carbonyl (C=O) groups is 1. The third kappa shape index (κ3) is 4.46. The first kappa shape index (κ1) is 17.6. The molecule has 0 unspecified atom stereocenters. The van der Waals surface area contributed by atoms with Crippen LogP contribution in [0.1, 0.15) is 15.9 Å². The van der Waals surface area contributed by atoms with Crippen molar-refractivity contribution < 1.29 is 17.9 Å². The number of amides is 1. The van der Waals surface area contributed by atoms with Gasteiger partial charge in [0.25, 0.3) is 15.9 Å². The topological polar surface area (TPSA) is 85.4 Å². The lowest BCUT2D eigenvalue weighted by Gasteiger charge is -2.09. The molecule has 3 rings (SSSR count). The zero-order valence-electron chi connectivity index (χ0n) is 13.7. The van der Waals surface area contributed by atoms with Crippen LogP contribution >= 0.6 is 0 Å². The Balaban J connectivity index is 1.70. The van der Waals surface area contributed by atoms with Crippen molar-refractivity contribution in [1.29, 1.82) is 0 Å². The number of hydrogen-bond donors (Lipinski definition) is 1. The van der Waals surface area contributed by atoms with E-state index >= 15 is 0 Å². The van der Waals surface area contributed by atoms with Crippen LogP contribution in [0.2, 0.25) is 0 Å². The Morgan fingerprint density at radius 2 is 1.62 bits per heavy atom. The SMILES string of the molecule is O=C(NS(=O)(=O)c1ccccc1)c1ccnc(OCc2ccccc2)c1. The minimum absolute atomic E-state index is 0.0166. The number of rotatable bonds is 6. The fourth-order valence-corrected chi connectivity index (χ4v) is 3.20. The molecule has 1 aromatic heterocycles. The molecule has 0 spiro atoms. The molecular formula is C19H16N2O4S. The van der Waals surface area contributed by atoms with Crippen LogP contribution in [0.3, 0.4) is 0 Å². The summed E-state index contributed by atoms with van der Waals surface area (Å²) in [5.41, 5.74) is 1.10. The third-order valence-electron chi connectivity index (χ3n) is 3.51. The maximum absolute atomic E-state index is 12.3. The van der Waals surface area contributed by atoms with Crippen LogP contribution in [-0.2, 0) is 16.6 Å². The second kappa shape index (κ2) is 7.79. The molecule has 1 heterocycles. The van der Waals surface area contributed by atoms with Gasteiger partial charge in [-0.3, -0.25) is 4.79 Å². The Bertz CT molecular complexity index is 990. The number of nitrogens with zero attached hydrogens (tertiary/aromatic N) is 1. The predicted octanol–water partition coefficient (Wildman–Crippen LogP) is 2.78. The second-order valence-corrected chi connectivity index (χ2v) is 7.09. The minimum Gasteiger partial charge on any atom is -0.473 e. The molecule has 1 N–H and O–H groups in total. The van der Waals surface area contributed by atoms with Gasteiger partial charge >= 0.3 is 0 Å². The molecule has 2 aromatic carbocycles. The van der Waals surface area contributed by atoms with Crippen LogP contribution in [0.5, 0.6) is 5.88 Å². The fraction of sp³-hybridized carbons (Fsp3) is 0.0526. The molecule has 1 amide bonds. The maximum atomic E-state index is 12.3. The number of benzene rings is 2. The van der Waals surface area contributed by atoms with Gasteiger partial charge in [-0.15, -0.1) is 0 Å². The van der Waals surface area contributed by atoms with E-state index in [4.69, 9.17) is 4.74 Å². The number of hydrogen-bond acceptors (Lipinski definition) is 5. The lowest BCUT2D eigenvalue weighted by Crippen LogP contribution is -2.30. The summed E-state index contributed by atoms with van der Waals surface area (Å²) in [6, 6.07) is 20.0. The van der Waals surface area contributed by atoms with E-state index in [0.29, 0.717) is 6.61 Å². The van der Waals surface area contributed by atoms with Gasteiger partial charge in [0.15, 0.2) is 0 Å². The van der Waals surface area contributed by atoms with Gasteiger partial charge in [-0.05, 0) is 23.8 Å². The molecule has 0 atom stereocenters. The average molecular weight is 368 g/mol. The molecule has 0 bridgehead atoms. The van der Waals surface area contributed by atoms with E-state index in [9.17, 15) is 13.2 Å². The summed E-state index contributed by atoms with van der Waals surface area (Å²) in [6.07, 6.45) is 1.39. The first-order valence-corrected chi connectivity index (χ1v) is 9.28. The van der Waals surface area contributed by atoms with E-state index in [2.05, 4.69) is 4.98 Å². The molecule has 6 nitrogen and oxygen atoms in total. The van der Waals surface area contributed by atoms with E-state index in [-0.39, 0.29) is 16.3 Å². The highest BCUT2D eigenvalue weighted by Crippen LogP contribution is 2.13. The van der Waals surface area contributed by atoms with Crippen LogP contribution in [0, 0.1) is 0 Å². The Morgan fingerprint density at radius 1 is 0.962 bits per heavy atom. The van der Waals surface area contributed by atoms with E-state index in [1.807, 2.05) is 35.1 Å². The second-order valence-electron chi connectivity index (χ2n) is 5.40. The number of aromatic nitrogens is 1. The molecule has 0 aliphatic rings. The quantitative estimate of drug-likeness (QED) is 0.723. The Hall–Kier alpha value is -3.19. The molecule has 0 fully saturated rings. The molecule has 132 valence electrons. The first-order chi connectivity index (χ1) is 12.5. The van der Waals surface area contributed by atoms with Crippen LogP contribution in [0.25, 0.3) is 0 Å². The first-order valence-electron chi connectivity index (χ1n) is 7.79. The number of ether oxygens (including phenoxy) is 1. The van der Waals surface area contributed by atoms with Crippen molar-refractivity contribution >= 4 is 15.9 Å². The fourth-order valence-electron chi connectivity index (χ4n) is 2.20. The van der Waals surface area contributed by atoms with Crippen LogP contribution in [-0.4, -0.2) is 19.3 Å². The van der Waals surface area contributed by atoms with Crippen molar-refractivity contribution in [2.24, 2.45) is 0 Å². The zero-order valence-corrected chi connectivity index (χ0v) is 14.5. The summed E-state index contributed by atoms with van der Waals surface area (Å²) in [4.78, 5) is 16.3. The summed E-state index contributed by atoms with van der Waals surface area (Å²) in [5.74, 6) is -0.514. The van der Waals surface area contributed by atoms with Gasteiger partial charge in [0.05, 0.1) is 4.90 Å². The molecule has 7 heteroatoms. The molecule has 0 saturated carbocycles. The van der Waals surface area contributed by atoms with Gasteiger partial charge in [0.2, 0.25) is 5.88 Å². The number of sulfonamides is 1. The minimum atomic E-state index is -3.94. The molecule has 3 aromatic rings. The Morgan fingerprint density at radius 3 is 2.31 bits per heavy atom. The largest absolute Gasteiger partial charge is 0.473 e. The Labute approximate surface area is 151 Å². The van der Waals surface area contributed by atoms with Crippen LogP contribution in [0.4, 0.5) is 0 Å². The summed E-state index contributed by atoms with van der Waals surface area (Å²) in [7, 11) is -3.94.